The Kier molecular flexibility index (Phi) is 5.39. The number of morpholine rings is 1. The molecular formula is C24H24ClN3O4. The molecule has 8 heteroatoms. The molecule has 1 amide bonds. The molecule has 1 aromatic heterocycles. The van der Waals surface area contributed by atoms with Gasteiger partial charge in [-0.2, -0.15) is 0 Å². The smallest absolute Gasteiger partial charge is 0.306 e. The molecule has 32 heavy (non-hydrogen) atoms. The average Bonchev–Trinajstić information content (AvgIpc) is 3.53. The van der Waals surface area contributed by atoms with E-state index < -0.39 is 24.2 Å². The van der Waals surface area contributed by atoms with Crippen molar-refractivity contribution < 1.29 is 19.4 Å². The van der Waals surface area contributed by atoms with Crippen LogP contribution in [0.15, 0.2) is 48.5 Å². The summed E-state index contributed by atoms with van der Waals surface area (Å²) in [6.07, 6.45) is 0.0920. The maximum absolute atomic E-state index is 13.5. The minimum absolute atomic E-state index is 0.297. The van der Waals surface area contributed by atoms with Crippen molar-refractivity contribution in [2.75, 3.05) is 6.54 Å². The van der Waals surface area contributed by atoms with Crippen LogP contribution >= 0.6 is 11.6 Å². The number of imidazole rings is 1. The fraction of sp³-hybridized carbons (Fsp3) is 0.375. The number of hydrogen-bond donors (Lipinski definition) is 1. The first-order chi connectivity index (χ1) is 15.4. The molecule has 2 aromatic carbocycles. The molecule has 5 rings (SSSR count). The number of carbonyl (C=O) groups is 2. The number of amides is 1. The van der Waals surface area contributed by atoms with E-state index in [-0.39, 0.29) is 12.3 Å². The Morgan fingerprint density at radius 3 is 2.69 bits per heavy atom. The van der Waals surface area contributed by atoms with Gasteiger partial charge < -0.3 is 19.3 Å². The van der Waals surface area contributed by atoms with Crippen molar-refractivity contribution in [3.8, 4) is 0 Å². The van der Waals surface area contributed by atoms with Gasteiger partial charge >= 0.3 is 5.97 Å². The number of nitrogens with zero attached hydrogens (tertiary/aromatic N) is 3. The van der Waals surface area contributed by atoms with Crippen LogP contribution in [-0.2, 0) is 21.4 Å². The number of aromatic nitrogens is 2. The summed E-state index contributed by atoms with van der Waals surface area (Å²) in [4.78, 5) is 31.6. The Morgan fingerprint density at radius 1 is 1.22 bits per heavy atom. The second-order valence-electron chi connectivity index (χ2n) is 8.59. The van der Waals surface area contributed by atoms with E-state index in [1.54, 1.807) is 11.0 Å². The molecule has 0 bridgehead atoms. The predicted octanol–water partition coefficient (Wildman–Crippen LogP) is 4.12. The Morgan fingerprint density at radius 2 is 2.00 bits per heavy atom. The summed E-state index contributed by atoms with van der Waals surface area (Å²) in [6.45, 7) is 0.559. The quantitative estimate of drug-likeness (QED) is 0.606. The van der Waals surface area contributed by atoms with Crippen molar-refractivity contribution in [1.29, 1.82) is 0 Å². The van der Waals surface area contributed by atoms with E-state index in [1.807, 2.05) is 54.1 Å². The van der Waals surface area contributed by atoms with Gasteiger partial charge in [0, 0.05) is 18.6 Å². The number of para-hydroxylation sites is 2. The summed E-state index contributed by atoms with van der Waals surface area (Å²) >= 11 is 6.28. The first-order valence-corrected chi connectivity index (χ1v) is 11.1. The van der Waals surface area contributed by atoms with Gasteiger partial charge in [0.15, 0.2) is 0 Å². The number of carboxylic acid groups (broad SMARTS) is 1. The van der Waals surface area contributed by atoms with Gasteiger partial charge in [0.1, 0.15) is 24.1 Å². The van der Waals surface area contributed by atoms with Crippen molar-refractivity contribution in [1.82, 2.24) is 14.5 Å². The molecule has 1 N–H and O–H groups in total. The maximum Gasteiger partial charge on any atom is 0.306 e. The molecule has 0 radical (unpaired) electrons. The molecule has 1 aliphatic heterocycles. The summed E-state index contributed by atoms with van der Waals surface area (Å²) in [5, 5.41) is 9.95. The number of ether oxygens (including phenoxy) is 1. The van der Waals surface area contributed by atoms with E-state index in [4.69, 9.17) is 21.3 Å². The van der Waals surface area contributed by atoms with Gasteiger partial charge in [-0.1, -0.05) is 35.9 Å². The van der Waals surface area contributed by atoms with Crippen LogP contribution in [0.5, 0.6) is 0 Å². The van der Waals surface area contributed by atoms with E-state index >= 15 is 0 Å². The fourth-order valence-electron chi connectivity index (χ4n) is 4.52. The third kappa shape index (κ3) is 3.87. The van der Waals surface area contributed by atoms with Crippen LogP contribution in [0.2, 0.25) is 5.02 Å². The van der Waals surface area contributed by atoms with E-state index in [0.717, 1.165) is 29.4 Å². The zero-order valence-corrected chi connectivity index (χ0v) is 18.4. The molecule has 2 fully saturated rings. The normalized spacial score (nSPS) is 23.6. The number of rotatable bonds is 6. The molecule has 2 heterocycles. The molecule has 3 atom stereocenters. The average molecular weight is 454 g/mol. The number of aryl methyl sites for hydroxylation is 1. The topological polar surface area (TPSA) is 84.7 Å². The Bertz CT molecular complexity index is 1190. The van der Waals surface area contributed by atoms with E-state index in [1.165, 1.54) is 0 Å². The molecule has 3 unspecified atom stereocenters. The highest BCUT2D eigenvalue weighted by Crippen LogP contribution is 2.45. The number of halogens is 1. The van der Waals surface area contributed by atoms with Crippen LogP contribution < -0.4 is 0 Å². The summed E-state index contributed by atoms with van der Waals surface area (Å²) in [7, 11) is 1.93. The number of carboxylic acids is 1. The lowest BCUT2D eigenvalue weighted by Gasteiger charge is -2.44. The Labute approximate surface area is 190 Å². The van der Waals surface area contributed by atoms with Crippen LogP contribution in [-0.4, -0.2) is 44.1 Å². The lowest BCUT2D eigenvalue weighted by atomic mass is 9.95. The molecule has 2 aliphatic rings. The van der Waals surface area contributed by atoms with Crippen molar-refractivity contribution in [3.63, 3.8) is 0 Å². The predicted molar refractivity (Wildman–Crippen MR) is 119 cm³/mol. The summed E-state index contributed by atoms with van der Waals surface area (Å²) in [5.74, 6) is -0.242. The number of fused-ring (bicyclic) bond motifs is 1. The van der Waals surface area contributed by atoms with Crippen molar-refractivity contribution >= 4 is 34.5 Å². The van der Waals surface area contributed by atoms with Crippen LogP contribution in [0.1, 0.15) is 42.8 Å². The fourth-order valence-corrected chi connectivity index (χ4v) is 4.72. The number of benzene rings is 2. The second kappa shape index (κ2) is 8.22. The lowest BCUT2D eigenvalue weighted by molar-refractivity contribution is -0.180. The minimum Gasteiger partial charge on any atom is -0.481 e. The molecule has 0 spiro atoms. The highest BCUT2D eigenvalue weighted by molar-refractivity contribution is 6.30. The molecule has 3 aromatic rings. The Hall–Kier alpha value is -2.90. The van der Waals surface area contributed by atoms with Gasteiger partial charge in [-0.25, -0.2) is 4.98 Å². The molecule has 1 saturated heterocycles. The van der Waals surface area contributed by atoms with Gasteiger partial charge in [0.05, 0.1) is 17.5 Å². The van der Waals surface area contributed by atoms with E-state index in [2.05, 4.69) is 0 Å². The zero-order chi connectivity index (χ0) is 22.4. The van der Waals surface area contributed by atoms with Crippen LogP contribution in [0.3, 0.4) is 0 Å². The van der Waals surface area contributed by atoms with Gasteiger partial charge in [-0.15, -0.1) is 0 Å². The van der Waals surface area contributed by atoms with Gasteiger partial charge in [0.25, 0.3) is 5.91 Å². The third-order valence-electron chi connectivity index (χ3n) is 6.27. The molecular weight excluding hydrogens is 430 g/mol. The summed E-state index contributed by atoms with van der Waals surface area (Å²) < 4.78 is 8.21. The largest absolute Gasteiger partial charge is 0.481 e. The van der Waals surface area contributed by atoms with E-state index in [0.29, 0.717) is 23.3 Å². The highest BCUT2D eigenvalue weighted by Gasteiger charge is 2.48. The van der Waals surface area contributed by atoms with Crippen LogP contribution in [0, 0.1) is 5.92 Å². The first-order valence-electron chi connectivity index (χ1n) is 10.8. The van der Waals surface area contributed by atoms with Gasteiger partial charge in [-0.05, 0) is 48.6 Å². The van der Waals surface area contributed by atoms with Gasteiger partial charge in [-0.3, -0.25) is 9.59 Å². The number of aliphatic carboxylic acids is 1. The third-order valence-corrected chi connectivity index (χ3v) is 6.50. The SMILES string of the molecule is Cn1c(C2C(c3cccc(Cl)c3)OC(CC(=O)O)C(=O)N2CC2CC2)nc2ccccc21. The molecule has 166 valence electrons. The van der Waals surface area contributed by atoms with Gasteiger partial charge in [0.2, 0.25) is 0 Å². The van der Waals surface area contributed by atoms with Crippen molar-refractivity contribution in [3.05, 3.63) is 64.9 Å². The monoisotopic (exact) mass is 453 g/mol. The standard InChI is InChI=1S/C24H24ClN3O4/c1-27-18-8-3-2-7-17(18)26-23(27)21-22(15-5-4-6-16(25)11-15)32-19(12-20(29)30)24(31)28(21)13-14-9-10-14/h2-8,11,14,19,21-22H,9-10,12-13H2,1H3,(H,29,30). The van der Waals surface area contributed by atoms with E-state index in [9.17, 15) is 14.7 Å². The molecule has 1 saturated carbocycles. The molecule has 7 nitrogen and oxygen atoms in total. The van der Waals surface area contributed by atoms with Crippen molar-refractivity contribution in [2.24, 2.45) is 13.0 Å². The number of carbonyl (C=O) groups excluding carboxylic acids is 1. The number of hydrogen-bond acceptors (Lipinski definition) is 4. The Balaban J connectivity index is 1.66. The van der Waals surface area contributed by atoms with Crippen LogP contribution in [0.25, 0.3) is 11.0 Å². The maximum atomic E-state index is 13.5. The van der Waals surface area contributed by atoms with Crippen molar-refractivity contribution in [2.45, 2.75) is 37.5 Å². The zero-order valence-electron chi connectivity index (χ0n) is 17.6. The first kappa shape index (κ1) is 21.0. The summed E-state index contributed by atoms with van der Waals surface area (Å²) in [6, 6.07) is 14.6. The van der Waals surface area contributed by atoms with Crippen LogP contribution in [0.4, 0.5) is 0 Å². The summed E-state index contributed by atoms with van der Waals surface area (Å²) in [5.41, 5.74) is 2.58. The lowest BCUT2D eigenvalue weighted by Crippen LogP contribution is -2.52. The minimum atomic E-state index is -1.07. The second-order valence-corrected chi connectivity index (χ2v) is 9.03. The molecule has 1 aliphatic carbocycles. The highest BCUT2D eigenvalue weighted by atomic mass is 35.5.